The van der Waals surface area contributed by atoms with Crippen LogP contribution in [0.1, 0.15) is 0 Å². The molecule has 2 aromatic rings. The van der Waals surface area contributed by atoms with Gasteiger partial charge in [0.1, 0.15) is 10.7 Å². The maximum Gasteiger partial charge on any atom is 0.368 e. The van der Waals surface area contributed by atoms with Gasteiger partial charge in [-0.3, -0.25) is 10.1 Å². The second-order valence-corrected chi connectivity index (χ2v) is 3.57. The van der Waals surface area contributed by atoms with Crippen molar-refractivity contribution in [1.82, 2.24) is 0 Å². The van der Waals surface area contributed by atoms with E-state index >= 15 is 0 Å². The first-order valence-corrected chi connectivity index (χ1v) is 4.84. The fourth-order valence-corrected chi connectivity index (χ4v) is 1.90. The number of non-ortho nitro benzene ring substituents is 1. The van der Waals surface area contributed by atoms with E-state index in [1.54, 1.807) is 24.3 Å². The summed E-state index contributed by atoms with van der Waals surface area (Å²) in [5.41, 5.74) is -0.0620. The first-order valence-electron chi connectivity index (χ1n) is 4.84. The van der Waals surface area contributed by atoms with Gasteiger partial charge in [-0.1, -0.05) is 18.2 Å². The lowest BCUT2D eigenvalue weighted by Gasteiger charge is -1.98. The molecular weight excluding hydrogens is 222 g/mol. The van der Waals surface area contributed by atoms with Gasteiger partial charge in [-0.25, -0.2) is 4.79 Å². The summed E-state index contributed by atoms with van der Waals surface area (Å²) in [4.78, 5) is 29.0. The Hall–Kier alpha value is -2.63. The van der Waals surface area contributed by atoms with E-state index in [1.165, 1.54) is 6.07 Å². The molecule has 0 fully saturated rings. The second-order valence-electron chi connectivity index (χ2n) is 3.57. The molecular formula is C11H5N3O3. The van der Waals surface area contributed by atoms with Gasteiger partial charge in [-0.15, -0.1) is 0 Å². The Morgan fingerprint density at radius 2 is 1.82 bits per heavy atom. The Bertz CT molecular complexity index is 795. The molecule has 0 saturated carbocycles. The summed E-state index contributed by atoms with van der Waals surface area (Å²) in [5, 5.41) is 12.7. The molecule has 0 saturated heterocycles. The minimum absolute atomic E-state index is 0.0620. The lowest BCUT2D eigenvalue weighted by Crippen LogP contribution is -2.23. The number of urea groups is 1. The molecule has 2 aromatic carbocycles. The molecule has 0 unspecified atom stereocenters. The van der Waals surface area contributed by atoms with Crippen LogP contribution in [0.25, 0.3) is 10.8 Å². The van der Waals surface area contributed by atoms with Gasteiger partial charge in [0.05, 0.1) is 10.3 Å². The Morgan fingerprint density at radius 3 is 2.53 bits per heavy atom. The van der Waals surface area contributed by atoms with E-state index in [0.717, 1.165) is 0 Å². The van der Waals surface area contributed by atoms with Crippen LogP contribution in [-0.2, 0) is 0 Å². The third kappa shape index (κ3) is 1.31. The van der Waals surface area contributed by atoms with Gasteiger partial charge in [0.25, 0.3) is 5.69 Å². The highest BCUT2D eigenvalue weighted by Gasteiger charge is 2.17. The number of hydrogen-bond acceptors (Lipinski definition) is 3. The second kappa shape index (κ2) is 3.18. The molecule has 0 radical (unpaired) electrons. The SMILES string of the molecule is O=C1N=c2cc([N+](=O)[O-])c3ccccc3c2=N1. The minimum Gasteiger partial charge on any atom is -0.258 e. The van der Waals surface area contributed by atoms with Gasteiger partial charge in [0.15, 0.2) is 0 Å². The highest BCUT2D eigenvalue weighted by atomic mass is 16.6. The standard InChI is InChI=1S/C11H5N3O3/c15-11-12-8-5-9(14(16)17)6-3-1-2-4-7(6)10(8)13-11/h1-5H. The average molecular weight is 227 g/mol. The number of carbonyl (C=O) groups excluding carboxylic acids is 1. The Balaban J connectivity index is 2.62. The molecule has 3 rings (SSSR count). The largest absolute Gasteiger partial charge is 0.368 e. The van der Waals surface area contributed by atoms with Crippen LogP contribution in [0.3, 0.4) is 0 Å². The minimum atomic E-state index is -0.620. The topological polar surface area (TPSA) is 84.9 Å². The summed E-state index contributed by atoms with van der Waals surface area (Å²) in [6, 6.07) is 7.43. The molecule has 82 valence electrons. The fourth-order valence-electron chi connectivity index (χ4n) is 1.90. The third-order valence-corrected chi connectivity index (χ3v) is 2.59. The number of nitrogens with zero attached hydrogens (tertiary/aromatic N) is 3. The van der Waals surface area contributed by atoms with Gasteiger partial charge in [0.2, 0.25) is 0 Å². The van der Waals surface area contributed by atoms with Gasteiger partial charge in [-0.05, 0) is 6.07 Å². The lowest BCUT2D eigenvalue weighted by atomic mass is 10.1. The Labute approximate surface area is 94.1 Å². The van der Waals surface area contributed by atoms with E-state index in [2.05, 4.69) is 9.98 Å². The van der Waals surface area contributed by atoms with E-state index in [0.29, 0.717) is 16.1 Å². The number of fused-ring (bicyclic) bond motifs is 3. The maximum absolute atomic E-state index is 11.1. The van der Waals surface area contributed by atoms with Crippen LogP contribution in [0.5, 0.6) is 0 Å². The highest BCUT2D eigenvalue weighted by Crippen LogP contribution is 2.21. The first kappa shape index (κ1) is 9.59. The number of hydrogen-bond donors (Lipinski definition) is 0. The van der Waals surface area contributed by atoms with Crippen LogP contribution >= 0.6 is 0 Å². The summed E-state index contributed by atoms with van der Waals surface area (Å²) < 4.78 is 0. The zero-order chi connectivity index (χ0) is 12.0. The van der Waals surface area contributed by atoms with Crippen LogP contribution in [0.4, 0.5) is 10.5 Å². The van der Waals surface area contributed by atoms with Crippen molar-refractivity contribution in [2.45, 2.75) is 0 Å². The van der Waals surface area contributed by atoms with Crippen molar-refractivity contribution in [2.24, 2.45) is 9.98 Å². The van der Waals surface area contributed by atoms with Crippen molar-refractivity contribution in [3.63, 3.8) is 0 Å². The predicted octanol–water partition coefficient (Wildman–Crippen LogP) is 1.12. The molecule has 0 N–H and O–H groups in total. The number of carbonyl (C=O) groups is 1. The van der Waals surface area contributed by atoms with Crippen molar-refractivity contribution in [1.29, 1.82) is 0 Å². The molecule has 1 heterocycles. The van der Waals surface area contributed by atoms with E-state index in [-0.39, 0.29) is 11.0 Å². The molecule has 6 heteroatoms. The Morgan fingerprint density at radius 1 is 1.12 bits per heavy atom. The molecule has 0 spiro atoms. The smallest absolute Gasteiger partial charge is 0.258 e. The van der Waals surface area contributed by atoms with Crippen molar-refractivity contribution < 1.29 is 9.72 Å². The summed E-state index contributed by atoms with van der Waals surface area (Å²) in [7, 11) is 0. The van der Waals surface area contributed by atoms with E-state index < -0.39 is 11.0 Å². The van der Waals surface area contributed by atoms with E-state index in [1.807, 2.05) is 0 Å². The number of nitro benzene ring substituents is 1. The quantitative estimate of drug-likeness (QED) is 0.540. The van der Waals surface area contributed by atoms with Gasteiger partial charge < -0.3 is 0 Å². The number of nitro groups is 1. The zero-order valence-electron chi connectivity index (χ0n) is 8.45. The van der Waals surface area contributed by atoms with Crippen molar-refractivity contribution in [2.75, 3.05) is 0 Å². The first-order chi connectivity index (χ1) is 8.16. The molecule has 6 nitrogen and oxygen atoms in total. The summed E-state index contributed by atoms with van der Waals surface area (Å²) in [6.07, 6.45) is 0. The number of rotatable bonds is 1. The van der Waals surface area contributed by atoms with Crippen LogP contribution in [0.15, 0.2) is 40.3 Å². The Kier molecular flexibility index (Phi) is 1.79. The normalized spacial score (nSPS) is 13.1. The van der Waals surface area contributed by atoms with Gasteiger partial charge >= 0.3 is 6.03 Å². The lowest BCUT2D eigenvalue weighted by molar-refractivity contribution is -0.383. The van der Waals surface area contributed by atoms with Crippen molar-refractivity contribution in [3.05, 3.63) is 51.2 Å². The van der Waals surface area contributed by atoms with Crippen molar-refractivity contribution in [3.8, 4) is 0 Å². The number of benzene rings is 2. The molecule has 1 aliphatic heterocycles. The monoisotopic (exact) mass is 227 g/mol. The summed E-state index contributed by atoms with van der Waals surface area (Å²) in [6.45, 7) is 0. The van der Waals surface area contributed by atoms with Crippen LogP contribution in [0, 0.1) is 10.1 Å². The van der Waals surface area contributed by atoms with Crippen LogP contribution in [0.2, 0.25) is 0 Å². The predicted molar refractivity (Wildman–Crippen MR) is 58.3 cm³/mol. The zero-order valence-corrected chi connectivity index (χ0v) is 8.45. The van der Waals surface area contributed by atoms with Crippen LogP contribution < -0.4 is 10.7 Å². The molecule has 0 aromatic heterocycles. The fraction of sp³-hybridized carbons (Fsp3) is 0. The third-order valence-electron chi connectivity index (χ3n) is 2.59. The molecule has 17 heavy (non-hydrogen) atoms. The number of amides is 2. The van der Waals surface area contributed by atoms with E-state index in [4.69, 9.17) is 0 Å². The highest BCUT2D eigenvalue weighted by molar-refractivity contribution is 5.92. The molecule has 1 aliphatic rings. The van der Waals surface area contributed by atoms with E-state index in [9.17, 15) is 14.9 Å². The summed E-state index contributed by atoms with van der Waals surface area (Å²) in [5.74, 6) is 0. The van der Waals surface area contributed by atoms with Gasteiger partial charge in [-0.2, -0.15) is 9.98 Å². The molecule has 2 amide bonds. The van der Waals surface area contributed by atoms with Gasteiger partial charge in [0, 0.05) is 11.5 Å². The average Bonchev–Trinajstić information content (AvgIpc) is 2.68. The maximum atomic E-state index is 11.1. The molecule has 0 bridgehead atoms. The van der Waals surface area contributed by atoms with Crippen LogP contribution in [-0.4, -0.2) is 11.0 Å². The summed E-state index contributed by atoms with van der Waals surface area (Å²) >= 11 is 0. The van der Waals surface area contributed by atoms with Crippen molar-refractivity contribution >= 4 is 22.5 Å². The molecule has 0 aliphatic carbocycles. The molecule has 0 atom stereocenters.